The molecule has 0 spiro atoms. The van der Waals surface area contributed by atoms with Gasteiger partial charge in [0.15, 0.2) is 0 Å². The van der Waals surface area contributed by atoms with Gasteiger partial charge in [0.05, 0.1) is 6.20 Å². The van der Waals surface area contributed by atoms with E-state index in [0.717, 1.165) is 50.7 Å². The van der Waals surface area contributed by atoms with E-state index < -0.39 is 0 Å². The Kier molecular flexibility index (Phi) is 4.06. The smallest absolute Gasteiger partial charge is 0.226 e. The molecule has 1 aromatic rings. The average molecular weight is 312 g/mol. The van der Waals surface area contributed by atoms with E-state index in [1.807, 2.05) is 12.1 Å². The number of carbonyl (C=O) groups excluding carboxylic acids is 1. The van der Waals surface area contributed by atoms with Crippen LogP contribution in [0.1, 0.15) is 44.9 Å². The molecule has 4 heteroatoms. The van der Waals surface area contributed by atoms with Crippen molar-refractivity contribution in [1.82, 2.24) is 9.88 Å². The fourth-order valence-corrected chi connectivity index (χ4v) is 4.42. The molecular formula is C19H24N2O2. The van der Waals surface area contributed by atoms with Crippen molar-refractivity contribution in [3.63, 3.8) is 0 Å². The predicted octanol–water partition coefficient (Wildman–Crippen LogP) is 3.34. The number of nitrogens with zero attached hydrogens (tertiary/aromatic N) is 2. The molecule has 122 valence electrons. The van der Waals surface area contributed by atoms with Crippen molar-refractivity contribution in [3.05, 3.63) is 36.7 Å². The summed E-state index contributed by atoms with van der Waals surface area (Å²) in [6.45, 7) is 0. The van der Waals surface area contributed by atoms with Gasteiger partial charge in [-0.1, -0.05) is 12.2 Å². The highest BCUT2D eigenvalue weighted by atomic mass is 16.5. The van der Waals surface area contributed by atoms with Crippen LogP contribution < -0.4 is 4.74 Å². The molecule has 2 aliphatic heterocycles. The number of pyridine rings is 1. The third kappa shape index (κ3) is 2.99. The minimum atomic E-state index is 0.207. The zero-order valence-electron chi connectivity index (χ0n) is 13.4. The van der Waals surface area contributed by atoms with Crippen LogP contribution in [0.25, 0.3) is 0 Å². The van der Waals surface area contributed by atoms with E-state index in [9.17, 15) is 4.79 Å². The van der Waals surface area contributed by atoms with Crippen LogP contribution in [0.5, 0.6) is 5.75 Å². The van der Waals surface area contributed by atoms with E-state index in [2.05, 4.69) is 22.0 Å². The van der Waals surface area contributed by atoms with Crippen LogP contribution in [0.15, 0.2) is 36.7 Å². The highest BCUT2D eigenvalue weighted by molar-refractivity contribution is 5.80. The van der Waals surface area contributed by atoms with Crippen molar-refractivity contribution in [2.75, 3.05) is 0 Å². The van der Waals surface area contributed by atoms with Crippen LogP contribution in [-0.4, -0.2) is 34.0 Å². The summed E-state index contributed by atoms with van der Waals surface area (Å²) in [5.74, 6) is 1.44. The van der Waals surface area contributed by atoms with Crippen molar-refractivity contribution < 1.29 is 9.53 Å². The molecule has 1 aliphatic carbocycles. The Labute approximate surface area is 137 Å². The molecule has 1 aromatic heterocycles. The maximum atomic E-state index is 12.9. The van der Waals surface area contributed by atoms with E-state index in [4.69, 9.17) is 4.74 Å². The number of hydrogen-bond donors (Lipinski definition) is 0. The lowest BCUT2D eigenvalue weighted by molar-refractivity contribution is -0.141. The lowest BCUT2D eigenvalue weighted by Gasteiger charge is -2.40. The third-order valence-corrected chi connectivity index (χ3v) is 5.50. The average Bonchev–Trinajstić information content (AvgIpc) is 2.87. The summed E-state index contributed by atoms with van der Waals surface area (Å²) in [5, 5.41) is 0. The van der Waals surface area contributed by atoms with Crippen LogP contribution in [-0.2, 0) is 4.79 Å². The van der Waals surface area contributed by atoms with E-state index in [0.29, 0.717) is 18.0 Å². The second-order valence-electron chi connectivity index (χ2n) is 7.01. The summed E-state index contributed by atoms with van der Waals surface area (Å²) in [5.41, 5.74) is 0. The molecule has 4 rings (SSSR count). The molecule has 0 radical (unpaired) electrons. The number of rotatable bonds is 3. The van der Waals surface area contributed by atoms with Gasteiger partial charge in [-0.05, 0) is 44.2 Å². The second-order valence-corrected chi connectivity index (χ2v) is 7.01. The van der Waals surface area contributed by atoms with Gasteiger partial charge in [0.1, 0.15) is 11.9 Å². The first-order valence-corrected chi connectivity index (χ1v) is 8.85. The van der Waals surface area contributed by atoms with E-state index >= 15 is 0 Å². The largest absolute Gasteiger partial charge is 0.489 e. The SMILES string of the molecule is O=C([C@H]1CC=CCC1)N1[C@H]2CC[C@H]1CC(Oc1cccnc1)C2. The Balaban J connectivity index is 1.41. The number of ether oxygens (including phenoxy) is 1. The zero-order valence-corrected chi connectivity index (χ0v) is 13.4. The molecular weight excluding hydrogens is 288 g/mol. The van der Waals surface area contributed by atoms with Crippen LogP contribution in [0.4, 0.5) is 0 Å². The highest BCUT2D eigenvalue weighted by Gasteiger charge is 2.45. The fraction of sp³-hybridized carbons (Fsp3) is 0.579. The van der Waals surface area contributed by atoms with Crippen LogP contribution in [0.2, 0.25) is 0 Å². The number of fused-ring (bicyclic) bond motifs is 2. The summed E-state index contributed by atoms with van der Waals surface area (Å²) in [7, 11) is 0. The van der Waals surface area contributed by atoms with Crippen LogP contribution in [0, 0.1) is 5.92 Å². The van der Waals surface area contributed by atoms with Crippen molar-refractivity contribution in [3.8, 4) is 5.75 Å². The highest BCUT2D eigenvalue weighted by Crippen LogP contribution is 2.39. The standard InChI is InChI=1S/C19H24N2O2/c22-19(14-5-2-1-3-6-14)21-15-8-9-16(21)12-18(11-15)23-17-7-4-10-20-13-17/h1-2,4,7,10,13-16,18H,3,5-6,8-9,11-12H2/t14-,15-,16-/m0/s1. The van der Waals surface area contributed by atoms with Gasteiger partial charge in [-0.15, -0.1) is 0 Å². The normalized spacial score (nSPS) is 32.8. The van der Waals surface area contributed by atoms with Gasteiger partial charge in [-0.2, -0.15) is 0 Å². The number of carbonyl (C=O) groups is 1. The predicted molar refractivity (Wildman–Crippen MR) is 88.0 cm³/mol. The summed E-state index contributed by atoms with van der Waals surface area (Å²) < 4.78 is 6.10. The molecule has 2 bridgehead atoms. The van der Waals surface area contributed by atoms with Gasteiger partial charge in [0.2, 0.25) is 5.91 Å². The molecule has 0 saturated carbocycles. The molecule has 1 amide bonds. The molecule has 3 atom stereocenters. The molecule has 0 N–H and O–H groups in total. The Morgan fingerprint density at radius 3 is 2.65 bits per heavy atom. The zero-order chi connectivity index (χ0) is 15.6. The number of hydrogen-bond acceptors (Lipinski definition) is 3. The van der Waals surface area contributed by atoms with E-state index in [1.54, 1.807) is 12.4 Å². The maximum absolute atomic E-state index is 12.9. The van der Waals surface area contributed by atoms with Gasteiger partial charge >= 0.3 is 0 Å². The summed E-state index contributed by atoms with van der Waals surface area (Å²) >= 11 is 0. The minimum Gasteiger partial charge on any atom is -0.489 e. The van der Waals surface area contributed by atoms with Gasteiger partial charge < -0.3 is 9.64 Å². The second kappa shape index (κ2) is 6.34. The summed E-state index contributed by atoms with van der Waals surface area (Å²) in [6, 6.07) is 4.60. The number of allylic oxidation sites excluding steroid dienone is 2. The van der Waals surface area contributed by atoms with Gasteiger partial charge in [0, 0.05) is 37.0 Å². The molecule has 0 unspecified atom stereocenters. The van der Waals surface area contributed by atoms with Gasteiger partial charge in [0.25, 0.3) is 0 Å². The fourth-order valence-electron chi connectivity index (χ4n) is 4.42. The molecule has 2 fully saturated rings. The number of aromatic nitrogens is 1. The van der Waals surface area contributed by atoms with Crippen LogP contribution >= 0.6 is 0 Å². The first kappa shape index (κ1) is 14.7. The summed E-state index contributed by atoms with van der Waals surface area (Å²) in [6.07, 6.45) is 15.3. The van der Waals surface area contributed by atoms with Gasteiger partial charge in [-0.25, -0.2) is 0 Å². The van der Waals surface area contributed by atoms with Crippen LogP contribution in [0.3, 0.4) is 0 Å². The van der Waals surface area contributed by atoms with Crippen molar-refractivity contribution in [2.24, 2.45) is 5.92 Å². The maximum Gasteiger partial charge on any atom is 0.226 e. The Morgan fingerprint density at radius 2 is 2.00 bits per heavy atom. The van der Waals surface area contributed by atoms with Crippen molar-refractivity contribution >= 4 is 5.91 Å². The number of amides is 1. The Morgan fingerprint density at radius 1 is 1.17 bits per heavy atom. The third-order valence-electron chi connectivity index (χ3n) is 5.50. The monoisotopic (exact) mass is 312 g/mol. The molecule has 2 saturated heterocycles. The number of piperidine rings is 1. The topological polar surface area (TPSA) is 42.4 Å². The summed E-state index contributed by atoms with van der Waals surface area (Å²) in [4.78, 5) is 19.2. The molecule has 3 aliphatic rings. The molecule has 23 heavy (non-hydrogen) atoms. The first-order chi connectivity index (χ1) is 11.3. The molecule has 0 aromatic carbocycles. The lowest BCUT2D eigenvalue weighted by Crippen LogP contribution is -2.51. The lowest BCUT2D eigenvalue weighted by atomic mass is 9.90. The molecule has 4 nitrogen and oxygen atoms in total. The van der Waals surface area contributed by atoms with Crippen molar-refractivity contribution in [2.45, 2.75) is 63.1 Å². The minimum absolute atomic E-state index is 0.207. The molecule has 3 heterocycles. The van der Waals surface area contributed by atoms with Gasteiger partial charge in [-0.3, -0.25) is 9.78 Å². The Hall–Kier alpha value is -1.84. The van der Waals surface area contributed by atoms with E-state index in [-0.39, 0.29) is 12.0 Å². The quantitative estimate of drug-likeness (QED) is 0.804. The Bertz CT molecular complexity index is 572. The van der Waals surface area contributed by atoms with E-state index in [1.165, 1.54) is 0 Å². The van der Waals surface area contributed by atoms with Crippen molar-refractivity contribution in [1.29, 1.82) is 0 Å². The first-order valence-electron chi connectivity index (χ1n) is 8.85.